The summed E-state index contributed by atoms with van der Waals surface area (Å²) in [5, 5.41) is 24.1. The van der Waals surface area contributed by atoms with Gasteiger partial charge in [-0.3, -0.25) is 4.79 Å². The van der Waals surface area contributed by atoms with E-state index in [4.69, 9.17) is 10.0 Å². The number of carbonyl (C=O) groups is 1. The van der Waals surface area contributed by atoms with Crippen LogP contribution in [0.2, 0.25) is 0 Å². The zero-order valence-electron chi connectivity index (χ0n) is 11.6. The molecule has 0 fully saturated rings. The van der Waals surface area contributed by atoms with Crippen LogP contribution in [0, 0.1) is 0 Å². The molecular weight excluding hydrogens is 243 g/mol. The van der Waals surface area contributed by atoms with E-state index >= 15 is 0 Å². The molecule has 0 saturated heterocycles. The van der Waals surface area contributed by atoms with Crippen LogP contribution in [0.3, 0.4) is 0 Å². The number of nitrogens with one attached hydrogen (secondary N) is 2. The van der Waals surface area contributed by atoms with E-state index in [1.54, 1.807) is 25.1 Å². The fourth-order valence-electron chi connectivity index (χ4n) is 1.64. The Labute approximate surface area is 114 Å². The van der Waals surface area contributed by atoms with E-state index < -0.39 is 7.12 Å². The monoisotopic (exact) mass is 264 g/mol. The van der Waals surface area contributed by atoms with Crippen LogP contribution in [0.15, 0.2) is 24.3 Å². The van der Waals surface area contributed by atoms with Gasteiger partial charge in [0.05, 0.1) is 6.04 Å². The molecule has 0 aliphatic carbocycles. The molecule has 0 bridgehead atoms. The normalized spacial score (nSPS) is 12.3. The number of hydrogen-bond acceptors (Lipinski definition) is 4. The van der Waals surface area contributed by atoms with Crippen molar-refractivity contribution < 1.29 is 14.8 Å². The van der Waals surface area contributed by atoms with Crippen LogP contribution >= 0.6 is 0 Å². The zero-order valence-corrected chi connectivity index (χ0v) is 11.6. The third kappa shape index (κ3) is 5.42. The van der Waals surface area contributed by atoms with Crippen LogP contribution in [-0.4, -0.2) is 35.2 Å². The Kier molecular flexibility index (Phi) is 6.01. The van der Waals surface area contributed by atoms with E-state index in [2.05, 4.69) is 10.6 Å². The molecule has 0 aromatic heterocycles. The Hall–Kier alpha value is -1.37. The topological polar surface area (TPSA) is 81.6 Å². The summed E-state index contributed by atoms with van der Waals surface area (Å²) in [6.45, 7) is 6.11. The molecule has 0 aliphatic rings. The zero-order chi connectivity index (χ0) is 14.4. The lowest BCUT2D eigenvalue weighted by molar-refractivity contribution is -0.123. The SMILES string of the molecule is CC(C)NC(=O)C(C)NCc1cccc(B(O)O)c1. The molecule has 104 valence electrons. The first-order valence-electron chi connectivity index (χ1n) is 6.39. The highest BCUT2D eigenvalue weighted by molar-refractivity contribution is 6.58. The predicted molar refractivity (Wildman–Crippen MR) is 75.8 cm³/mol. The van der Waals surface area contributed by atoms with Crippen molar-refractivity contribution in [3.8, 4) is 0 Å². The van der Waals surface area contributed by atoms with Gasteiger partial charge in [0.1, 0.15) is 0 Å². The van der Waals surface area contributed by atoms with Gasteiger partial charge in [-0.25, -0.2) is 0 Å². The van der Waals surface area contributed by atoms with E-state index in [1.807, 2.05) is 19.9 Å². The second-order valence-electron chi connectivity index (χ2n) is 4.88. The fraction of sp³-hybridized carbons (Fsp3) is 0.462. The van der Waals surface area contributed by atoms with Crippen LogP contribution in [0.5, 0.6) is 0 Å². The van der Waals surface area contributed by atoms with Gasteiger partial charge in [0.25, 0.3) is 0 Å². The fourth-order valence-corrected chi connectivity index (χ4v) is 1.64. The minimum absolute atomic E-state index is 0.0478. The van der Waals surface area contributed by atoms with Crippen LogP contribution in [-0.2, 0) is 11.3 Å². The second kappa shape index (κ2) is 7.28. The Morgan fingerprint density at radius 1 is 1.32 bits per heavy atom. The molecule has 4 N–H and O–H groups in total. The first-order chi connectivity index (χ1) is 8.90. The predicted octanol–water partition coefficient (Wildman–Crippen LogP) is -0.631. The maximum Gasteiger partial charge on any atom is 0.488 e. The molecule has 0 spiro atoms. The summed E-state index contributed by atoms with van der Waals surface area (Å²) in [4.78, 5) is 11.7. The minimum Gasteiger partial charge on any atom is -0.423 e. The first-order valence-corrected chi connectivity index (χ1v) is 6.39. The lowest BCUT2D eigenvalue weighted by atomic mass is 9.79. The average molecular weight is 264 g/mol. The van der Waals surface area contributed by atoms with Gasteiger partial charge in [0.2, 0.25) is 5.91 Å². The Bertz CT molecular complexity index is 424. The number of carbonyl (C=O) groups excluding carboxylic acids is 1. The van der Waals surface area contributed by atoms with E-state index in [1.165, 1.54) is 0 Å². The van der Waals surface area contributed by atoms with Crippen LogP contribution < -0.4 is 16.1 Å². The smallest absolute Gasteiger partial charge is 0.423 e. The molecule has 0 radical (unpaired) electrons. The third-order valence-corrected chi connectivity index (χ3v) is 2.69. The van der Waals surface area contributed by atoms with Gasteiger partial charge in [-0.15, -0.1) is 0 Å². The summed E-state index contributed by atoms with van der Waals surface area (Å²) in [7, 11) is -1.47. The van der Waals surface area contributed by atoms with Crippen LogP contribution in [0.1, 0.15) is 26.3 Å². The molecule has 1 aromatic carbocycles. The van der Waals surface area contributed by atoms with Crippen LogP contribution in [0.4, 0.5) is 0 Å². The number of amides is 1. The van der Waals surface area contributed by atoms with Crippen molar-refractivity contribution in [3.05, 3.63) is 29.8 Å². The van der Waals surface area contributed by atoms with Gasteiger partial charge in [-0.2, -0.15) is 0 Å². The molecule has 0 heterocycles. The highest BCUT2D eigenvalue weighted by Crippen LogP contribution is 1.98. The number of hydrogen-bond donors (Lipinski definition) is 4. The molecule has 1 amide bonds. The van der Waals surface area contributed by atoms with Crippen LogP contribution in [0.25, 0.3) is 0 Å². The van der Waals surface area contributed by atoms with Crippen molar-refractivity contribution >= 4 is 18.5 Å². The van der Waals surface area contributed by atoms with Gasteiger partial charge in [0, 0.05) is 12.6 Å². The molecular formula is C13H21BN2O3. The lowest BCUT2D eigenvalue weighted by Gasteiger charge is -2.16. The second-order valence-corrected chi connectivity index (χ2v) is 4.88. The Morgan fingerprint density at radius 3 is 2.58 bits per heavy atom. The maximum atomic E-state index is 11.7. The molecule has 1 unspecified atom stereocenters. The largest absolute Gasteiger partial charge is 0.488 e. The van der Waals surface area contributed by atoms with Gasteiger partial charge in [-0.05, 0) is 31.8 Å². The maximum absolute atomic E-state index is 11.7. The van der Waals surface area contributed by atoms with E-state index in [0.717, 1.165) is 5.56 Å². The van der Waals surface area contributed by atoms with Crippen molar-refractivity contribution in [1.82, 2.24) is 10.6 Å². The molecule has 5 nitrogen and oxygen atoms in total. The third-order valence-electron chi connectivity index (χ3n) is 2.69. The van der Waals surface area contributed by atoms with Gasteiger partial charge in [-0.1, -0.05) is 24.3 Å². The first kappa shape index (κ1) is 15.7. The van der Waals surface area contributed by atoms with Crippen molar-refractivity contribution in [1.29, 1.82) is 0 Å². The van der Waals surface area contributed by atoms with Gasteiger partial charge < -0.3 is 20.7 Å². The Morgan fingerprint density at radius 2 is 2.00 bits per heavy atom. The molecule has 0 aliphatic heterocycles. The minimum atomic E-state index is -1.47. The molecule has 1 atom stereocenters. The number of rotatable bonds is 6. The number of benzene rings is 1. The summed E-state index contributed by atoms with van der Waals surface area (Å²) in [5.41, 5.74) is 1.34. The Balaban J connectivity index is 2.52. The summed E-state index contributed by atoms with van der Waals surface area (Å²) in [6.07, 6.45) is 0. The van der Waals surface area contributed by atoms with E-state index in [-0.39, 0.29) is 18.0 Å². The molecule has 19 heavy (non-hydrogen) atoms. The van der Waals surface area contributed by atoms with Crippen molar-refractivity contribution in [2.24, 2.45) is 0 Å². The molecule has 6 heteroatoms. The van der Waals surface area contributed by atoms with E-state index in [0.29, 0.717) is 12.0 Å². The summed E-state index contributed by atoms with van der Waals surface area (Å²) in [5.74, 6) is -0.0478. The van der Waals surface area contributed by atoms with Gasteiger partial charge in [0.15, 0.2) is 0 Å². The quantitative estimate of drug-likeness (QED) is 0.516. The summed E-state index contributed by atoms with van der Waals surface area (Å²) in [6, 6.07) is 6.78. The molecule has 1 aromatic rings. The molecule has 0 saturated carbocycles. The standard InChI is InChI=1S/C13H21BN2O3/c1-9(2)16-13(17)10(3)15-8-11-5-4-6-12(7-11)14(18)19/h4-7,9-10,15,18-19H,8H2,1-3H3,(H,16,17). The highest BCUT2D eigenvalue weighted by Gasteiger charge is 2.14. The lowest BCUT2D eigenvalue weighted by Crippen LogP contribution is -2.44. The molecule has 1 rings (SSSR count). The van der Waals surface area contributed by atoms with Crippen molar-refractivity contribution in [2.75, 3.05) is 0 Å². The van der Waals surface area contributed by atoms with Crippen molar-refractivity contribution in [3.63, 3.8) is 0 Å². The summed E-state index contributed by atoms with van der Waals surface area (Å²) < 4.78 is 0. The van der Waals surface area contributed by atoms with Crippen molar-refractivity contribution in [2.45, 2.75) is 39.4 Å². The van der Waals surface area contributed by atoms with Gasteiger partial charge >= 0.3 is 7.12 Å². The summed E-state index contributed by atoms with van der Waals surface area (Å²) >= 11 is 0. The highest BCUT2D eigenvalue weighted by atomic mass is 16.4. The average Bonchev–Trinajstić information content (AvgIpc) is 2.35. The van der Waals surface area contributed by atoms with E-state index in [9.17, 15) is 4.79 Å².